The van der Waals surface area contributed by atoms with Crippen molar-refractivity contribution in [2.24, 2.45) is 0 Å². The van der Waals surface area contributed by atoms with Crippen LogP contribution < -0.4 is 5.32 Å². The van der Waals surface area contributed by atoms with Gasteiger partial charge in [-0.1, -0.05) is 12.1 Å². The first-order valence-corrected chi connectivity index (χ1v) is 7.07. The number of nitrogens with one attached hydrogen (secondary N) is 1. The Balaban J connectivity index is 1.85. The summed E-state index contributed by atoms with van der Waals surface area (Å²) in [6.45, 7) is 3.48. The quantitative estimate of drug-likeness (QED) is 0.885. The Labute approximate surface area is 108 Å². The summed E-state index contributed by atoms with van der Waals surface area (Å²) in [5, 5.41) is 3.61. The second kappa shape index (κ2) is 5.37. The van der Waals surface area contributed by atoms with Gasteiger partial charge in [0.15, 0.2) is 0 Å². The van der Waals surface area contributed by atoms with Gasteiger partial charge in [0.2, 0.25) is 0 Å². The molecule has 3 heteroatoms. The third-order valence-electron chi connectivity index (χ3n) is 4.23. The fourth-order valence-corrected chi connectivity index (χ4v) is 3.36. The van der Waals surface area contributed by atoms with E-state index in [2.05, 4.69) is 10.2 Å². The molecule has 2 heterocycles. The lowest BCUT2D eigenvalue weighted by molar-refractivity contribution is 0.202. The molecule has 2 fully saturated rings. The van der Waals surface area contributed by atoms with Gasteiger partial charge in [0.05, 0.1) is 6.04 Å². The zero-order valence-corrected chi connectivity index (χ0v) is 10.7. The van der Waals surface area contributed by atoms with Crippen LogP contribution in [-0.4, -0.2) is 30.6 Å². The molecular formula is C15H21FN2. The molecule has 1 N–H and O–H groups in total. The molecule has 2 unspecified atom stereocenters. The van der Waals surface area contributed by atoms with E-state index in [0.29, 0.717) is 12.1 Å². The molecule has 0 aromatic heterocycles. The van der Waals surface area contributed by atoms with Crippen molar-refractivity contribution in [3.63, 3.8) is 0 Å². The molecule has 0 aliphatic carbocycles. The van der Waals surface area contributed by atoms with E-state index in [1.54, 1.807) is 12.1 Å². The molecule has 0 amide bonds. The first kappa shape index (κ1) is 12.1. The Morgan fingerprint density at radius 3 is 2.44 bits per heavy atom. The largest absolute Gasteiger partial charge is 0.312 e. The van der Waals surface area contributed by atoms with E-state index in [9.17, 15) is 4.39 Å². The van der Waals surface area contributed by atoms with Crippen LogP contribution in [0.1, 0.15) is 37.3 Å². The number of likely N-dealkylation sites (tertiary alicyclic amines) is 1. The van der Waals surface area contributed by atoms with Gasteiger partial charge < -0.3 is 5.32 Å². The highest BCUT2D eigenvalue weighted by atomic mass is 19.1. The van der Waals surface area contributed by atoms with Crippen LogP contribution in [-0.2, 0) is 0 Å². The summed E-state index contributed by atoms with van der Waals surface area (Å²) >= 11 is 0. The molecule has 2 aliphatic rings. The van der Waals surface area contributed by atoms with E-state index in [4.69, 9.17) is 0 Å². The Morgan fingerprint density at radius 1 is 1.11 bits per heavy atom. The Morgan fingerprint density at radius 2 is 1.83 bits per heavy atom. The van der Waals surface area contributed by atoms with Crippen molar-refractivity contribution in [2.75, 3.05) is 19.6 Å². The van der Waals surface area contributed by atoms with Gasteiger partial charge in [0.25, 0.3) is 0 Å². The molecule has 2 saturated heterocycles. The first-order chi connectivity index (χ1) is 8.84. The minimum atomic E-state index is -0.140. The van der Waals surface area contributed by atoms with E-state index >= 15 is 0 Å². The van der Waals surface area contributed by atoms with E-state index in [-0.39, 0.29) is 5.82 Å². The highest BCUT2D eigenvalue weighted by Gasteiger charge is 2.32. The Kier molecular flexibility index (Phi) is 3.62. The highest BCUT2D eigenvalue weighted by molar-refractivity contribution is 5.22. The molecule has 1 aromatic carbocycles. The monoisotopic (exact) mass is 248 g/mol. The fourth-order valence-electron chi connectivity index (χ4n) is 3.36. The molecule has 3 rings (SSSR count). The van der Waals surface area contributed by atoms with Crippen molar-refractivity contribution >= 4 is 0 Å². The van der Waals surface area contributed by atoms with Crippen LogP contribution in [0.25, 0.3) is 0 Å². The topological polar surface area (TPSA) is 15.3 Å². The number of nitrogens with zero attached hydrogens (tertiary/aromatic N) is 1. The van der Waals surface area contributed by atoms with Crippen LogP contribution in [0.15, 0.2) is 24.3 Å². The minimum Gasteiger partial charge on any atom is -0.312 e. The number of rotatable bonds is 3. The summed E-state index contributed by atoms with van der Waals surface area (Å²) < 4.78 is 13.1. The van der Waals surface area contributed by atoms with Crippen LogP contribution >= 0.6 is 0 Å². The van der Waals surface area contributed by atoms with Gasteiger partial charge in [0, 0.05) is 6.04 Å². The van der Waals surface area contributed by atoms with Crippen LogP contribution in [0.4, 0.5) is 4.39 Å². The van der Waals surface area contributed by atoms with Crippen LogP contribution in [0, 0.1) is 5.82 Å². The summed E-state index contributed by atoms with van der Waals surface area (Å²) in [7, 11) is 0. The maximum atomic E-state index is 13.1. The van der Waals surface area contributed by atoms with Crippen molar-refractivity contribution in [2.45, 2.75) is 37.8 Å². The molecule has 0 radical (unpaired) electrons. The van der Waals surface area contributed by atoms with E-state index < -0.39 is 0 Å². The predicted octanol–water partition coefficient (Wildman–Crippen LogP) is 2.71. The SMILES string of the molecule is Fc1ccc(C(C2CCCN2)N2CCCC2)cc1. The number of halogens is 1. The maximum Gasteiger partial charge on any atom is 0.123 e. The summed E-state index contributed by atoms with van der Waals surface area (Å²) in [4.78, 5) is 2.57. The van der Waals surface area contributed by atoms with Crippen molar-refractivity contribution in [3.05, 3.63) is 35.6 Å². The van der Waals surface area contributed by atoms with Gasteiger partial charge in [-0.15, -0.1) is 0 Å². The zero-order valence-electron chi connectivity index (χ0n) is 10.7. The smallest absolute Gasteiger partial charge is 0.123 e. The molecule has 0 spiro atoms. The second-order valence-corrected chi connectivity index (χ2v) is 5.44. The second-order valence-electron chi connectivity index (χ2n) is 5.44. The summed E-state index contributed by atoms with van der Waals surface area (Å²) in [6, 6.07) is 8.06. The summed E-state index contributed by atoms with van der Waals surface area (Å²) in [5.74, 6) is -0.140. The van der Waals surface area contributed by atoms with Gasteiger partial charge in [-0.2, -0.15) is 0 Å². The van der Waals surface area contributed by atoms with E-state index in [1.165, 1.54) is 44.3 Å². The number of benzene rings is 1. The first-order valence-electron chi connectivity index (χ1n) is 7.07. The van der Waals surface area contributed by atoms with Gasteiger partial charge in [-0.25, -0.2) is 4.39 Å². The standard InChI is InChI=1S/C15H21FN2/c16-13-7-5-12(6-8-13)15(14-4-3-9-17-14)18-10-1-2-11-18/h5-8,14-15,17H,1-4,9-11H2. The fraction of sp³-hybridized carbons (Fsp3) is 0.600. The molecule has 2 nitrogen and oxygen atoms in total. The molecule has 2 aliphatic heterocycles. The lowest BCUT2D eigenvalue weighted by Crippen LogP contribution is -2.39. The van der Waals surface area contributed by atoms with Crippen LogP contribution in [0.2, 0.25) is 0 Å². The molecular weight excluding hydrogens is 227 g/mol. The van der Waals surface area contributed by atoms with Crippen molar-refractivity contribution < 1.29 is 4.39 Å². The van der Waals surface area contributed by atoms with Gasteiger partial charge in [0.1, 0.15) is 5.82 Å². The average molecular weight is 248 g/mol. The highest BCUT2D eigenvalue weighted by Crippen LogP contribution is 2.31. The van der Waals surface area contributed by atoms with E-state index in [1.807, 2.05) is 12.1 Å². The van der Waals surface area contributed by atoms with Gasteiger partial charge in [-0.3, -0.25) is 4.90 Å². The summed E-state index contributed by atoms with van der Waals surface area (Å²) in [6.07, 6.45) is 5.09. The zero-order chi connectivity index (χ0) is 12.4. The van der Waals surface area contributed by atoms with Crippen molar-refractivity contribution in [1.82, 2.24) is 10.2 Å². The lowest BCUT2D eigenvalue weighted by Gasteiger charge is -2.33. The van der Waals surface area contributed by atoms with Gasteiger partial charge in [-0.05, 0) is 63.0 Å². The van der Waals surface area contributed by atoms with Crippen molar-refractivity contribution in [1.29, 1.82) is 0 Å². The molecule has 1 aromatic rings. The Bertz CT molecular complexity index is 362. The number of hydrogen-bond acceptors (Lipinski definition) is 2. The van der Waals surface area contributed by atoms with Crippen LogP contribution in [0.3, 0.4) is 0 Å². The van der Waals surface area contributed by atoms with E-state index in [0.717, 1.165) is 6.54 Å². The predicted molar refractivity (Wildman–Crippen MR) is 71.0 cm³/mol. The molecule has 18 heavy (non-hydrogen) atoms. The molecule has 2 atom stereocenters. The molecule has 0 saturated carbocycles. The summed E-state index contributed by atoms with van der Waals surface area (Å²) in [5.41, 5.74) is 1.26. The minimum absolute atomic E-state index is 0.140. The third kappa shape index (κ3) is 2.43. The van der Waals surface area contributed by atoms with Gasteiger partial charge >= 0.3 is 0 Å². The molecule has 0 bridgehead atoms. The maximum absolute atomic E-state index is 13.1. The Hall–Kier alpha value is -0.930. The third-order valence-corrected chi connectivity index (χ3v) is 4.23. The molecule has 98 valence electrons. The normalized spacial score (nSPS) is 26.6. The van der Waals surface area contributed by atoms with Crippen LogP contribution in [0.5, 0.6) is 0 Å². The number of hydrogen-bond donors (Lipinski definition) is 1. The van der Waals surface area contributed by atoms with Crippen molar-refractivity contribution in [3.8, 4) is 0 Å². The lowest BCUT2D eigenvalue weighted by atomic mass is 9.96. The average Bonchev–Trinajstić information content (AvgIpc) is 3.06.